The zero-order valence-corrected chi connectivity index (χ0v) is 11.1. The molecule has 76 valence electrons. The molecule has 0 bridgehead atoms. The van der Waals surface area contributed by atoms with Crippen LogP contribution in [0, 0.1) is 0 Å². The molecule has 0 fully saturated rings. The molecule has 0 aliphatic carbocycles. The van der Waals surface area contributed by atoms with E-state index >= 15 is 0 Å². The normalized spacial score (nSPS) is 10.0. The summed E-state index contributed by atoms with van der Waals surface area (Å²) in [5, 5.41) is 0. The van der Waals surface area contributed by atoms with E-state index in [1.807, 2.05) is 13.0 Å². The van der Waals surface area contributed by atoms with Crippen molar-refractivity contribution in [3.8, 4) is 5.75 Å². The summed E-state index contributed by atoms with van der Waals surface area (Å²) in [6.07, 6.45) is 0. The first-order valence-electron chi connectivity index (χ1n) is 4.19. The van der Waals surface area contributed by atoms with Gasteiger partial charge in [-0.15, -0.1) is 0 Å². The molecule has 1 aromatic carbocycles. The third kappa shape index (κ3) is 2.36. The number of carbonyl (C=O) groups excluding carboxylic acids is 1. The van der Waals surface area contributed by atoms with Crippen LogP contribution in [0.3, 0.4) is 0 Å². The molecule has 4 heteroatoms. The number of ether oxygens (including phenoxy) is 1. The molecule has 0 heterocycles. The molecule has 0 aromatic heterocycles. The maximum atomic E-state index is 11.4. The Kier molecular flexibility index (Phi) is 4.13. The third-order valence-electron chi connectivity index (χ3n) is 1.71. The van der Waals surface area contributed by atoms with Gasteiger partial charge in [0.2, 0.25) is 0 Å². The molecule has 2 nitrogen and oxygen atoms in total. The fraction of sp³-hybridized carbons (Fsp3) is 0.300. The monoisotopic (exact) mass is 320 g/mol. The Morgan fingerprint density at radius 3 is 2.57 bits per heavy atom. The van der Waals surface area contributed by atoms with E-state index in [0.717, 1.165) is 8.95 Å². The molecule has 0 amide bonds. The van der Waals surface area contributed by atoms with E-state index in [-0.39, 0.29) is 5.78 Å². The van der Waals surface area contributed by atoms with Gasteiger partial charge in [0.25, 0.3) is 0 Å². The van der Waals surface area contributed by atoms with Crippen LogP contribution in [0.2, 0.25) is 0 Å². The van der Waals surface area contributed by atoms with Gasteiger partial charge in [0.15, 0.2) is 5.78 Å². The lowest BCUT2D eigenvalue weighted by Crippen LogP contribution is -2.02. The molecule has 0 aliphatic rings. The van der Waals surface area contributed by atoms with Crippen LogP contribution in [0.4, 0.5) is 0 Å². The highest BCUT2D eigenvalue weighted by molar-refractivity contribution is 9.13. The lowest BCUT2D eigenvalue weighted by molar-refractivity contribution is 0.101. The maximum Gasteiger partial charge on any atom is 0.164 e. The molecule has 1 rings (SSSR count). The molecule has 0 atom stereocenters. The number of hydrogen-bond donors (Lipinski definition) is 0. The van der Waals surface area contributed by atoms with E-state index in [1.54, 1.807) is 6.07 Å². The summed E-state index contributed by atoms with van der Waals surface area (Å²) in [6.45, 7) is 3.96. The van der Waals surface area contributed by atoms with Gasteiger partial charge in [-0.3, -0.25) is 4.79 Å². The first kappa shape index (κ1) is 11.7. The Morgan fingerprint density at radius 1 is 1.43 bits per heavy atom. The minimum Gasteiger partial charge on any atom is -0.493 e. The Hall–Kier alpha value is -0.350. The van der Waals surface area contributed by atoms with Gasteiger partial charge >= 0.3 is 0 Å². The Morgan fingerprint density at radius 2 is 2.07 bits per heavy atom. The van der Waals surface area contributed by atoms with Crippen LogP contribution < -0.4 is 4.74 Å². The van der Waals surface area contributed by atoms with Crippen LogP contribution >= 0.6 is 31.9 Å². The molecule has 0 aliphatic heterocycles. The standard InChI is InChI=1S/C10H10Br2O2/c1-3-14-8-5-4-7(11)10(12)9(8)6(2)13/h4-5H,3H2,1-2H3. The van der Waals surface area contributed by atoms with Crippen molar-refractivity contribution in [2.75, 3.05) is 6.61 Å². The Labute approximate surface area is 99.9 Å². The van der Waals surface area contributed by atoms with Gasteiger partial charge in [-0.1, -0.05) is 0 Å². The molecule has 0 saturated heterocycles. The summed E-state index contributed by atoms with van der Waals surface area (Å²) in [4.78, 5) is 11.4. The van der Waals surface area contributed by atoms with Crippen molar-refractivity contribution < 1.29 is 9.53 Å². The molecule has 0 N–H and O–H groups in total. The molecule has 0 unspecified atom stereocenters. The minimum atomic E-state index is -0.0124. The van der Waals surface area contributed by atoms with E-state index in [1.165, 1.54) is 6.92 Å². The van der Waals surface area contributed by atoms with Gasteiger partial charge in [0.05, 0.1) is 12.2 Å². The van der Waals surface area contributed by atoms with Crippen molar-refractivity contribution in [3.05, 3.63) is 26.6 Å². The Bertz CT molecular complexity index is 361. The van der Waals surface area contributed by atoms with E-state index in [4.69, 9.17) is 4.74 Å². The van der Waals surface area contributed by atoms with E-state index in [2.05, 4.69) is 31.9 Å². The molecule has 0 saturated carbocycles. The van der Waals surface area contributed by atoms with Crippen molar-refractivity contribution in [2.24, 2.45) is 0 Å². The summed E-state index contributed by atoms with van der Waals surface area (Å²) in [5.74, 6) is 0.608. The number of ketones is 1. The number of halogens is 2. The van der Waals surface area contributed by atoms with Crippen molar-refractivity contribution in [1.82, 2.24) is 0 Å². The predicted molar refractivity (Wildman–Crippen MR) is 63.0 cm³/mol. The number of Topliss-reactive ketones (excluding diaryl/α,β-unsaturated/α-hetero) is 1. The molecule has 1 aromatic rings. The largest absolute Gasteiger partial charge is 0.493 e. The first-order chi connectivity index (χ1) is 6.57. The van der Waals surface area contributed by atoms with Crippen molar-refractivity contribution >= 4 is 37.6 Å². The van der Waals surface area contributed by atoms with Crippen LogP contribution in [-0.2, 0) is 0 Å². The van der Waals surface area contributed by atoms with Gasteiger partial charge < -0.3 is 4.74 Å². The molecule has 14 heavy (non-hydrogen) atoms. The van der Waals surface area contributed by atoms with E-state index in [0.29, 0.717) is 17.9 Å². The maximum absolute atomic E-state index is 11.4. The lowest BCUT2D eigenvalue weighted by Gasteiger charge is -2.10. The van der Waals surface area contributed by atoms with E-state index in [9.17, 15) is 4.79 Å². The molecule has 0 radical (unpaired) electrons. The molecular weight excluding hydrogens is 312 g/mol. The fourth-order valence-corrected chi connectivity index (χ4v) is 2.07. The van der Waals surface area contributed by atoms with Gasteiger partial charge in [-0.2, -0.15) is 0 Å². The number of rotatable bonds is 3. The smallest absolute Gasteiger partial charge is 0.164 e. The van der Waals surface area contributed by atoms with Crippen molar-refractivity contribution in [1.29, 1.82) is 0 Å². The van der Waals surface area contributed by atoms with Crippen LogP contribution in [-0.4, -0.2) is 12.4 Å². The second kappa shape index (κ2) is 4.94. The summed E-state index contributed by atoms with van der Waals surface area (Å²) < 4.78 is 6.96. The topological polar surface area (TPSA) is 26.3 Å². The number of carbonyl (C=O) groups is 1. The predicted octanol–water partition coefficient (Wildman–Crippen LogP) is 3.81. The average molecular weight is 322 g/mol. The zero-order valence-electron chi connectivity index (χ0n) is 7.93. The van der Waals surface area contributed by atoms with Gasteiger partial charge in [-0.05, 0) is 57.8 Å². The number of hydrogen-bond acceptors (Lipinski definition) is 2. The summed E-state index contributed by atoms with van der Waals surface area (Å²) in [5.41, 5.74) is 0.584. The highest BCUT2D eigenvalue weighted by Crippen LogP contribution is 2.33. The molecule has 0 spiro atoms. The molecular formula is C10H10Br2O2. The fourth-order valence-electron chi connectivity index (χ4n) is 1.14. The summed E-state index contributed by atoms with van der Waals surface area (Å²) in [6, 6.07) is 3.64. The quantitative estimate of drug-likeness (QED) is 0.791. The van der Waals surface area contributed by atoms with E-state index < -0.39 is 0 Å². The van der Waals surface area contributed by atoms with Gasteiger partial charge in [0, 0.05) is 8.95 Å². The van der Waals surface area contributed by atoms with Gasteiger partial charge in [-0.25, -0.2) is 0 Å². The van der Waals surface area contributed by atoms with Crippen LogP contribution in [0.15, 0.2) is 21.1 Å². The highest BCUT2D eigenvalue weighted by atomic mass is 79.9. The third-order valence-corrected chi connectivity index (χ3v) is 3.73. The van der Waals surface area contributed by atoms with Gasteiger partial charge in [0.1, 0.15) is 5.75 Å². The average Bonchev–Trinajstić information content (AvgIpc) is 2.11. The SMILES string of the molecule is CCOc1ccc(Br)c(Br)c1C(C)=O. The number of benzene rings is 1. The summed E-state index contributed by atoms with van der Waals surface area (Å²) >= 11 is 6.70. The highest BCUT2D eigenvalue weighted by Gasteiger charge is 2.14. The zero-order chi connectivity index (χ0) is 10.7. The Balaban J connectivity index is 3.30. The lowest BCUT2D eigenvalue weighted by atomic mass is 10.1. The van der Waals surface area contributed by atoms with Crippen LogP contribution in [0.5, 0.6) is 5.75 Å². The van der Waals surface area contributed by atoms with Crippen LogP contribution in [0.25, 0.3) is 0 Å². The van der Waals surface area contributed by atoms with Crippen molar-refractivity contribution in [3.63, 3.8) is 0 Å². The minimum absolute atomic E-state index is 0.0124. The van der Waals surface area contributed by atoms with Crippen molar-refractivity contribution in [2.45, 2.75) is 13.8 Å². The second-order valence-electron chi connectivity index (χ2n) is 2.72. The second-order valence-corrected chi connectivity index (χ2v) is 4.37. The van der Waals surface area contributed by atoms with Crippen LogP contribution in [0.1, 0.15) is 24.2 Å². The first-order valence-corrected chi connectivity index (χ1v) is 5.78. The summed E-state index contributed by atoms with van der Waals surface area (Å²) in [7, 11) is 0.